The first-order chi connectivity index (χ1) is 14.5. The predicted molar refractivity (Wildman–Crippen MR) is 114 cm³/mol. The molecule has 154 valence electrons. The summed E-state index contributed by atoms with van der Waals surface area (Å²) >= 11 is 0. The highest BCUT2D eigenvalue weighted by Gasteiger charge is 2.27. The Hall–Kier alpha value is -3.48. The molecule has 2 aromatic carbocycles. The largest absolute Gasteiger partial charge is 0.427 e. The van der Waals surface area contributed by atoms with Crippen LogP contribution in [0.25, 0.3) is 10.9 Å². The van der Waals surface area contributed by atoms with Crippen molar-refractivity contribution in [2.75, 3.05) is 5.73 Å². The summed E-state index contributed by atoms with van der Waals surface area (Å²) in [6.07, 6.45) is 3.18. The first-order valence-corrected chi connectivity index (χ1v) is 10.2. The van der Waals surface area contributed by atoms with Crippen molar-refractivity contribution in [3.8, 4) is 5.75 Å². The van der Waals surface area contributed by atoms with E-state index >= 15 is 0 Å². The van der Waals surface area contributed by atoms with Crippen LogP contribution in [0.3, 0.4) is 0 Å². The molecule has 2 N–H and O–H groups in total. The van der Waals surface area contributed by atoms with Gasteiger partial charge in [-0.3, -0.25) is 9.59 Å². The minimum atomic E-state index is -0.290. The van der Waals surface area contributed by atoms with E-state index in [1.165, 1.54) is 0 Å². The summed E-state index contributed by atoms with van der Waals surface area (Å²) in [5.41, 5.74) is 8.85. The maximum absolute atomic E-state index is 13.3. The van der Waals surface area contributed by atoms with Crippen LogP contribution in [-0.2, 0) is 17.9 Å². The Morgan fingerprint density at radius 1 is 1.07 bits per heavy atom. The van der Waals surface area contributed by atoms with Crippen LogP contribution in [0, 0.1) is 0 Å². The molecule has 2 heterocycles. The number of amides is 1. The second-order valence-electron chi connectivity index (χ2n) is 7.47. The summed E-state index contributed by atoms with van der Waals surface area (Å²) in [6.45, 7) is 3.12. The van der Waals surface area contributed by atoms with Gasteiger partial charge in [-0.05, 0) is 35.7 Å². The molecule has 0 bridgehead atoms. The van der Waals surface area contributed by atoms with Crippen LogP contribution >= 0.6 is 0 Å². The van der Waals surface area contributed by atoms with Gasteiger partial charge in [-0.25, -0.2) is 9.97 Å². The molecular formula is C23H24N4O3. The smallest absolute Gasteiger partial charge is 0.311 e. The van der Waals surface area contributed by atoms with Gasteiger partial charge in [-0.1, -0.05) is 44.0 Å². The summed E-state index contributed by atoms with van der Waals surface area (Å²) in [6, 6.07) is 13.0. The van der Waals surface area contributed by atoms with E-state index in [1.807, 2.05) is 24.3 Å². The molecule has 0 saturated carbocycles. The Morgan fingerprint density at radius 2 is 1.80 bits per heavy atom. The number of unbranched alkanes of at least 4 members (excludes halogenated alkanes) is 2. The molecule has 4 rings (SSSR count). The van der Waals surface area contributed by atoms with Crippen molar-refractivity contribution in [3.63, 3.8) is 0 Å². The van der Waals surface area contributed by atoms with Crippen molar-refractivity contribution in [2.24, 2.45) is 0 Å². The van der Waals surface area contributed by atoms with Crippen LogP contribution in [-0.4, -0.2) is 26.7 Å². The lowest BCUT2D eigenvalue weighted by Crippen LogP contribution is -2.27. The van der Waals surface area contributed by atoms with E-state index in [2.05, 4.69) is 16.9 Å². The zero-order valence-corrected chi connectivity index (χ0v) is 16.9. The zero-order chi connectivity index (χ0) is 21.1. The number of carbonyl (C=O) groups is 2. The number of aromatic nitrogens is 2. The third-order valence-corrected chi connectivity index (χ3v) is 5.23. The van der Waals surface area contributed by atoms with Crippen molar-refractivity contribution >= 4 is 28.7 Å². The van der Waals surface area contributed by atoms with E-state index in [9.17, 15) is 9.59 Å². The lowest BCUT2D eigenvalue weighted by Gasteiger charge is -2.16. The number of nitrogen functional groups attached to an aromatic ring is 1. The second-order valence-corrected chi connectivity index (χ2v) is 7.47. The predicted octanol–water partition coefficient (Wildman–Crippen LogP) is 3.85. The molecular weight excluding hydrogens is 380 g/mol. The number of benzene rings is 2. The van der Waals surface area contributed by atoms with E-state index < -0.39 is 0 Å². The van der Waals surface area contributed by atoms with Gasteiger partial charge < -0.3 is 15.4 Å². The molecule has 1 amide bonds. The number of carbonyl (C=O) groups excluding carboxylic acids is 2. The molecule has 0 spiro atoms. The number of hydrogen-bond donors (Lipinski definition) is 1. The normalized spacial score (nSPS) is 12.8. The van der Waals surface area contributed by atoms with Gasteiger partial charge >= 0.3 is 5.97 Å². The van der Waals surface area contributed by atoms with E-state index in [0.29, 0.717) is 36.2 Å². The molecule has 0 fully saturated rings. The Labute approximate surface area is 174 Å². The molecule has 0 unspecified atom stereocenters. The topological polar surface area (TPSA) is 98.4 Å². The van der Waals surface area contributed by atoms with Gasteiger partial charge in [-0.15, -0.1) is 0 Å². The third kappa shape index (κ3) is 4.10. The van der Waals surface area contributed by atoms with Crippen LogP contribution in [0.15, 0.2) is 42.5 Å². The fourth-order valence-electron chi connectivity index (χ4n) is 3.68. The Bertz CT molecular complexity index is 1090. The van der Waals surface area contributed by atoms with Crippen molar-refractivity contribution in [3.05, 3.63) is 59.3 Å². The molecule has 0 saturated heterocycles. The van der Waals surface area contributed by atoms with Crippen molar-refractivity contribution in [2.45, 2.75) is 45.7 Å². The van der Waals surface area contributed by atoms with Crippen molar-refractivity contribution in [1.82, 2.24) is 14.9 Å². The van der Waals surface area contributed by atoms with Crippen LogP contribution in [0.1, 0.15) is 54.2 Å². The van der Waals surface area contributed by atoms with E-state index in [-0.39, 0.29) is 23.5 Å². The number of ether oxygens (including phenoxy) is 1. The first-order valence-electron chi connectivity index (χ1n) is 10.2. The summed E-state index contributed by atoms with van der Waals surface area (Å²) < 4.78 is 5.46. The maximum atomic E-state index is 13.3. The summed E-state index contributed by atoms with van der Waals surface area (Å²) in [4.78, 5) is 35.5. The van der Waals surface area contributed by atoms with Crippen molar-refractivity contribution in [1.29, 1.82) is 0 Å². The standard InChI is InChI=1S/C23H24N4O3/c1-2-3-4-9-20(28)30-17-10-11-19-18(12-17)21(26-23(24)25-19)22(29)27-13-15-7-5-6-8-16(15)14-27/h5-8,10-12H,2-4,9,13-14H2,1H3,(H2,24,25,26). The second kappa shape index (κ2) is 8.49. The van der Waals surface area contributed by atoms with Gasteiger partial charge in [-0.2, -0.15) is 0 Å². The Kier molecular flexibility index (Phi) is 5.61. The molecule has 0 aliphatic carbocycles. The van der Waals surface area contributed by atoms with Gasteiger partial charge in [0.1, 0.15) is 11.4 Å². The molecule has 1 aliphatic heterocycles. The van der Waals surface area contributed by atoms with Crippen LogP contribution < -0.4 is 10.5 Å². The van der Waals surface area contributed by atoms with Crippen LogP contribution in [0.4, 0.5) is 5.95 Å². The molecule has 0 atom stereocenters. The molecule has 0 radical (unpaired) electrons. The van der Waals surface area contributed by atoms with Gasteiger partial charge in [0.05, 0.1) is 5.52 Å². The van der Waals surface area contributed by atoms with Gasteiger partial charge in [0.15, 0.2) is 0 Å². The average Bonchev–Trinajstić information content (AvgIpc) is 3.17. The quantitative estimate of drug-likeness (QED) is 0.381. The third-order valence-electron chi connectivity index (χ3n) is 5.23. The highest BCUT2D eigenvalue weighted by Crippen LogP contribution is 2.28. The first kappa shape index (κ1) is 19.8. The number of rotatable bonds is 6. The molecule has 3 aromatic rings. The highest BCUT2D eigenvalue weighted by atomic mass is 16.5. The van der Waals surface area contributed by atoms with E-state index in [4.69, 9.17) is 10.5 Å². The monoisotopic (exact) mass is 404 g/mol. The van der Waals surface area contributed by atoms with Gasteiger partial charge in [0.25, 0.3) is 5.91 Å². The SMILES string of the molecule is CCCCCC(=O)Oc1ccc2nc(N)nc(C(=O)N3Cc4ccccc4C3)c2c1. The molecule has 1 aromatic heterocycles. The maximum Gasteiger partial charge on any atom is 0.311 e. The summed E-state index contributed by atoms with van der Waals surface area (Å²) in [7, 11) is 0. The van der Waals surface area contributed by atoms with Crippen molar-refractivity contribution < 1.29 is 14.3 Å². The minimum Gasteiger partial charge on any atom is -0.427 e. The summed E-state index contributed by atoms with van der Waals surface area (Å²) in [5.74, 6) is -0.109. The van der Waals surface area contributed by atoms with E-state index in [0.717, 1.165) is 30.4 Å². The lowest BCUT2D eigenvalue weighted by molar-refractivity contribution is -0.134. The van der Waals surface area contributed by atoms with Crippen LogP contribution in [0.2, 0.25) is 0 Å². The molecule has 1 aliphatic rings. The Balaban J connectivity index is 1.61. The summed E-state index contributed by atoms with van der Waals surface area (Å²) in [5, 5.41) is 0.518. The number of nitrogens with zero attached hydrogens (tertiary/aromatic N) is 3. The minimum absolute atomic E-state index is 0.0341. The number of anilines is 1. The number of nitrogens with two attached hydrogens (primary N) is 1. The van der Waals surface area contributed by atoms with Crippen LogP contribution in [0.5, 0.6) is 5.75 Å². The fourth-order valence-corrected chi connectivity index (χ4v) is 3.68. The molecule has 7 heteroatoms. The number of esters is 1. The molecule has 30 heavy (non-hydrogen) atoms. The van der Waals surface area contributed by atoms with Gasteiger partial charge in [0, 0.05) is 24.9 Å². The zero-order valence-electron chi connectivity index (χ0n) is 16.9. The fraction of sp³-hybridized carbons (Fsp3) is 0.304. The van der Waals surface area contributed by atoms with Gasteiger partial charge in [0.2, 0.25) is 5.95 Å². The Morgan fingerprint density at radius 3 is 2.50 bits per heavy atom. The number of fused-ring (bicyclic) bond motifs is 2. The molecule has 7 nitrogen and oxygen atoms in total. The van der Waals surface area contributed by atoms with E-state index in [1.54, 1.807) is 23.1 Å². The number of hydrogen-bond acceptors (Lipinski definition) is 6. The highest BCUT2D eigenvalue weighted by molar-refractivity contribution is 6.05. The lowest BCUT2D eigenvalue weighted by atomic mass is 10.1. The average molecular weight is 404 g/mol.